The second-order valence-electron chi connectivity index (χ2n) is 4.34. The molecule has 0 unspecified atom stereocenters. The van der Waals surface area contributed by atoms with Gasteiger partial charge in [0.25, 0.3) is 5.56 Å². The molecule has 0 saturated heterocycles. The van der Waals surface area contributed by atoms with Gasteiger partial charge in [-0.1, -0.05) is 26.0 Å². The van der Waals surface area contributed by atoms with Crippen molar-refractivity contribution >= 4 is 0 Å². The topological polar surface area (TPSA) is 69.5 Å². The van der Waals surface area contributed by atoms with E-state index in [-0.39, 0.29) is 11.5 Å². The highest BCUT2D eigenvalue weighted by Crippen LogP contribution is 2.24. The van der Waals surface area contributed by atoms with Crippen molar-refractivity contribution in [1.29, 1.82) is 5.26 Å². The molecule has 0 atom stereocenters. The molecule has 0 spiro atoms. The van der Waals surface area contributed by atoms with Crippen LogP contribution in [0.5, 0.6) is 0 Å². The molecular weight excluding hydrogens is 226 g/mol. The van der Waals surface area contributed by atoms with Crippen molar-refractivity contribution in [3.63, 3.8) is 0 Å². The minimum atomic E-state index is -0.127. The van der Waals surface area contributed by atoms with Crippen molar-refractivity contribution in [3.8, 4) is 17.3 Å². The Balaban J connectivity index is 2.68. The molecule has 1 aromatic carbocycles. The Labute approximate surface area is 105 Å². The van der Waals surface area contributed by atoms with Gasteiger partial charge < -0.3 is 4.98 Å². The van der Waals surface area contributed by atoms with E-state index in [1.54, 1.807) is 18.2 Å². The summed E-state index contributed by atoms with van der Waals surface area (Å²) in [4.78, 5) is 18.7. The van der Waals surface area contributed by atoms with Crippen molar-refractivity contribution in [1.82, 2.24) is 9.97 Å². The zero-order chi connectivity index (χ0) is 13.1. The van der Waals surface area contributed by atoms with Gasteiger partial charge in [-0.05, 0) is 18.1 Å². The zero-order valence-corrected chi connectivity index (χ0v) is 10.3. The van der Waals surface area contributed by atoms with Gasteiger partial charge in [0.2, 0.25) is 0 Å². The maximum absolute atomic E-state index is 11.8. The highest BCUT2D eigenvalue weighted by atomic mass is 16.1. The maximum Gasteiger partial charge on any atom is 0.254 e. The maximum atomic E-state index is 11.8. The molecule has 0 saturated carbocycles. The van der Waals surface area contributed by atoms with E-state index in [0.29, 0.717) is 16.8 Å². The summed E-state index contributed by atoms with van der Waals surface area (Å²) in [6, 6.07) is 9.21. The normalized spacial score (nSPS) is 10.3. The van der Waals surface area contributed by atoms with E-state index in [4.69, 9.17) is 5.26 Å². The van der Waals surface area contributed by atoms with Crippen LogP contribution in [0.2, 0.25) is 0 Å². The monoisotopic (exact) mass is 239 g/mol. The average molecular weight is 239 g/mol. The molecule has 0 aliphatic rings. The molecule has 1 aromatic heterocycles. The lowest BCUT2D eigenvalue weighted by Crippen LogP contribution is -2.16. The number of hydrogen-bond donors (Lipinski definition) is 1. The second kappa shape index (κ2) is 4.84. The predicted molar refractivity (Wildman–Crippen MR) is 69.1 cm³/mol. The molecule has 2 rings (SSSR count). The van der Waals surface area contributed by atoms with E-state index in [0.717, 1.165) is 5.56 Å². The molecule has 0 bridgehead atoms. The molecule has 0 fully saturated rings. The van der Waals surface area contributed by atoms with Crippen molar-refractivity contribution in [2.24, 2.45) is 0 Å². The number of nitrogens with one attached hydrogen (secondary N) is 1. The number of rotatable bonds is 2. The standard InChI is InChI=1S/C14H13N3O/c1-9(2)12-13(16-8-17-14(12)18)11-5-3-4-10(6-11)7-15/h3-6,8-9H,1-2H3,(H,16,17,18). The Morgan fingerprint density at radius 3 is 2.83 bits per heavy atom. The van der Waals surface area contributed by atoms with Crippen LogP contribution in [0.25, 0.3) is 11.3 Å². The summed E-state index contributed by atoms with van der Waals surface area (Å²) in [6.45, 7) is 3.90. The fourth-order valence-corrected chi connectivity index (χ4v) is 1.91. The zero-order valence-electron chi connectivity index (χ0n) is 10.3. The summed E-state index contributed by atoms with van der Waals surface area (Å²) >= 11 is 0. The number of H-pyrrole nitrogens is 1. The van der Waals surface area contributed by atoms with Crippen LogP contribution in [0, 0.1) is 11.3 Å². The Morgan fingerprint density at radius 2 is 2.17 bits per heavy atom. The van der Waals surface area contributed by atoms with Gasteiger partial charge in [-0.25, -0.2) is 4.98 Å². The number of aromatic nitrogens is 2. The number of benzene rings is 1. The largest absolute Gasteiger partial charge is 0.313 e. The quantitative estimate of drug-likeness (QED) is 0.875. The lowest BCUT2D eigenvalue weighted by atomic mass is 9.97. The van der Waals surface area contributed by atoms with Crippen LogP contribution in [0.3, 0.4) is 0 Å². The van der Waals surface area contributed by atoms with E-state index >= 15 is 0 Å². The van der Waals surface area contributed by atoms with Crippen LogP contribution >= 0.6 is 0 Å². The van der Waals surface area contributed by atoms with Crippen LogP contribution in [0.15, 0.2) is 35.4 Å². The van der Waals surface area contributed by atoms with E-state index in [9.17, 15) is 4.79 Å². The van der Waals surface area contributed by atoms with Crippen LogP contribution in [0.1, 0.15) is 30.9 Å². The van der Waals surface area contributed by atoms with Crippen LogP contribution < -0.4 is 5.56 Å². The fourth-order valence-electron chi connectivity index (χ4n) is 1.91. The van der Waals surface area contributed by atoms with Crippen molar-refractivity contribution in [3.05, 3.63) is 52.1 Å². The lowest BCUT2D eigenvalue weighted by Gasteiger charge is -2.10. The van der Waals surface area contributed by atoms with Gasteiger partial charge in [-0.2, -0.15) is 5.26 Å². The molecule has 4 heteroatoms. The first-order valence-corrected chi connectivity index (χ1v) is 5.71. The van der Waals surface area contributed by atoms with E-state index in [1.807, 2.05) is 19.9 Å². The predicted octanol–water partition coefficient (Wildman–Crippen LogP) is 2.43. The lowest BCUT2D eigenvalue weighted by molar-refractivity contribution is 0.833. The summed E-state index contributed by atoms with van der Waals surface area (Å²) in [5.41, 5.74) is 2.52. The first kappa shape index (κ1) is 12.1. The molecule has 0 radical (unpaired) electrons. The third-order valence-electron chi connectivity index (χ3n) is 2.73. The SMILES string of the molecule is CC(C)c1c(-c2cccc(C#N)c2)nc[nH]c1=O. The van der Waals surface area contributed by atoms with Crippen LogP contribution in [-0.2, 0) is 0 Å². The third-order valence-corrected chi connectivity index (χ3v) is 2.73. The summed E-state index contributed by atoms with van der Waals surface area (Å²) in [5.74, 6) is 0.0724. The Bertz CT molecular complexity index is 665. The summed E-state index contributed by atoms with van der Waals surface area (Å²) in [7, 11) is 0. The molecule has 1 N–H and O–H groups in total. The first-order valence-electron chi connectivity index (χ1n) is 5.71. The smallest absolute Gasteiger partial charge is 0.254 e. The fraction of sp³-hybridized carbons (Fsp3) is 0.214. The van der Waals surface area contributed by atoms with Gasteiger partial charge in [0.05, 0.1) is 23.7 Å². The van der Waals surface area contributed by atoms with Gasteiger partial charge in [-0.3, -0.25) is 4.79 Å². The molecule has 0 aliphatic carbocycles. The first-order chi connectivity index (χ1) is 8.63. The average Bonchev–Trinajstić information content (AvgIpc) is 2.38. The second-order valence-corrected chi connectivity index (χ2v) is 4.34. The third kappa shape index (κ3) is 2.16. The molecule has 0 aliphatic heterocycles. The van der Waals surface area contributed by atoms with Crippen LogP contribution in [0.4, 0.5) is 0 Å². The minimum absolute atomic E-state index is 0.0724. The van der Waals surface area contributed by atoms with Gasteiger partial charge in [0.1, 0.15) is 0 Å². The molecular formula is C14H13N3O. The van der Waals surface area contributed by atoms with E-state index < -0.39 is 0 Å². The van der Waals surface area contributed by atoms with Crippen molar-refractivity contribution in [2.75, 3.05) is 0 Å². The Hall–Kier alpha value is -2.41. The molecule has 90 valence electrons. The number of nitrogens with zero attached hydrogens (tertiary/aromatic N) is 2. The van der Waals surface area contributed by atoms with Gasteiger partial charge >= 0.3 is 0 Å². The molecule has 18 heavy (non-hydrogen) atoms. The number of hydrogen-bond acceptors (Lipinski definition) is 3. The van der Waals surface area contributed by atoms with Gasteiger partial charge in [0.15, 0.2) is 0 Å². The molecule has 2 aromatic rings. The van der Waals surface area contributed by atoms with Crippen molar-refractivity contribution in [2.45, 2.75) is 19.8 Å². The minimum Gasteiger partial charge on any atom is -0.313 e. The highest BCUT2D eigenvalue weighted by Gasteiger charge is 2.14. The summed E-state index contributed by atoms with van der Waals surface area (Å²) in [6.07, 6.45) is 1.39. The number of nitriles is 1. The summed E-state index contributed by atoms with van der Waals surface area (Å²) in [5, 5.41) is 8.90. The van der Waals surface area contributed by atoms with E-state index in [2.05, 4.69) is 16.0 Å². The Kier molecular flexibility index (Phi) is 3.24. The molecule has 0 amide bonds. The van der Waals surface area contributed by atoms with Gasteiger partial charge in [0, 0.05) is 11.1 Å². The molecule has 4 nitrogen and oxygen atoms in total. The van der Waals surface area contributed by atoms with Gasteiger partial charge in [-0.15, -0.1) is 0 Å². The van der Waals surface area contributed by atoms with Crippen molar-refractivity contribution < 1.29 is 0 Å². The molecule has 1 heterocycles. The highest BCUT2D eigenvalue weighted by molar-refractivity contribution is 5.64. The Morgan fingerprint density at radius 1 is 1.39 bits per heavy atom. The number of aromatic amines is 1. The van der Waals surface area contributed by atoms with E-state index in [1.165, 1.54) is 6.33 Å². The van der Waals surface area contributed by atoms with Crippen LogP contribution in [-0.4, -0.2) is 9.97 Å². The summed E-state index contributed by atoms with van der Waals surface area (Å²) < 4.78 is 0.